The van der Waals surface area contributed by atoms with Crippen molar-refractivity contribution in [3.8, 4) is 0 Å². The Labute approximate surface area is 121 Å². The second-order valence-corrected chi connectivity index (χ2v) is 4.82. The van der Waals surface area contributed by atoms with Crippen molar-refractivity contribution in [1.29, 1.82) is 0 Å². The second-order valence-electron chi connectivity index (χ2n) is 4.82. The number of hydrogen-bond acceptors (Lipinski definition) is 2. The summed E-state index contributed by atoms with van der Waals surface area (Å²) in [6.07, 6.45) is 5.16. The van der Waals surface area contributed by atoms with E-state index in [4.69, 9.17) is 0 Å². The van der Waals surface area contributed by atoms with Crippen LogP contribution in [0.25, 0.3) is 22.7 Å². The molecule has 0 saturated carbocycles. The molecule has 0 fully saturated rings. The molecule has 0 saturated heterocycles. The minimum atomic E-state index is -0.942. The van der Waals surface area contributed by atoms with Gasteiger partial charge in [-0.25, -0.2) is 9.78 Å². The molecule has 0 aliphatic rings. The third-order valence-electron chi connectivity index (χ3n) is 3.45. The number of benzene rings is 1. The zero-order valence-electron chi connectivity index (χ0n) is 11.5. The van der Waals surface area contributed by atoms with Gasteiger partial charge in [0.2, 0.25) is 0 Å². The molecule has 4 nitrogen and oxygen atoms in total. The van der Waals surface area contributed by atoms with E-state index in [9.17, 15) is 9.90 Å². The molecule has 0 bridgehead atoms. The summed E-state index contributed by atoms with van der Waals surface area (Å²) in [4.78, 5) is 18.9. The number of H-pyrrole nitrogens is 1. The second kappa shape index (κ2) is 5.25. The molecule has 0 amide bonds. The molecule has 0 aliphatic carbocycles. The van der Waals surface area contributed by atoms with Crippen LogP contribution in [0.2, 0.25) is 0 Å². The van der Waals surface area contributed by atoms with Crippen LogP contribution in [0.3, 0.4) is 0 Å². The zero-order valence-corrected chi connectivity index (χ0v) is 11.5. The Balaban J connectivity index is 2.18. The fourth-order valence-corrected chi connectivity index (χ4v) is 2.38. The van der Waals surface area contributed by atoms with E-state index in [1.54, 1.807) is 18.5 Å². The van der Waals surface area contributed by atoms with Gasteiger partial charge in [-0.15, -0.1) is 0 Å². The number of aryl methyl sites for hydroxylation is 1. The van der Waals surface area contributed by atoms with Gasteiger partial charge in [-0.05, 0) is 36.3 Å². The third kappa shape index (κ3) is 2.43. The maximum absolute atomic E-state index is 11.6. The van der Waals surface area contributed by atoms with E-state index in [1.807, 2.05) is 43.3 Å². The number of aromatic nitrogens is 2. The predicted molar refractivity (Wildman–Crippen MR) is 82.8 cm³/mol. The zero-order chi connectivity index (χ0) is 14.8. The highest BCUT2D eigenvalue weighted by Gasteiger charge is 2.13. The average Bonchev–Trinajstić information content (AvgIpc) is 2.89. The van der Waals surface area contributed by atoms with E-state index in [0.29, 0.717) is 0 Å². The van der Waals surface area contributed by atoms with E-state index in [1.165, 1.54) is 0 Å². The highest BCUT2D eigenvalue weighted by Crippen LogP contribution is 2.25. The molecule has 21 heavy (non-hydrogen) atoms. The van der Waals surface area contributed by atoms with Crippen LogP contribution in [0.15, 0.2) is 48.8 Å². The standard InChI is InChI=1S/C17H14N2O2/c1-11-5-2-3-6-13(11)15(17(20)21)9-12-10-19-16-14(12)7-4-8-18-16/h2-10H,1H3,(H,18,19)(H,20,21)/b15-9-. The van der Waals surface area contributed by atoms with Crippen LogP contribution >= 0.6 is 0 Å². The van der Waals surface area contributed by atoms with Crippen molar-refractivity contribution in [3.63, 3.8) is 0 Å². The molecule has 3 aromatic rings. The largest absolute Gasteiger partial charge is 0.478 e. The maximum atomic E-state index is 11.6. The van der Waals surface area contributed by atoms with Gasteiger partial charge in [0.05, 0.1) is 5.57 Å². The first kappa shape index (κ1) is 13.1. The summed E-state index contributed by atoms with van der Waals surface area (Å²) in [5, 5.41) is 10.4. The van der Waals surface area contributed by atoms with Gasteiger partial charge in [0.15, 0.2) is 0 Å². The number of rotatable bonds is 3. The molecule has 2 aromatic heterocycles. The summed E-state index contributed by atoms with van der Waals surface area (Å²) in [5.41, 5.74) is 3.50. The Morgan fingerprint density at radius 2 is 2.05 bits per heavy atom. The summed E-state index contributed by atoms with van der Waals surface area (Å²) in [6.45, 7) is 1.91. The molecule has 0 unspecified atom stereocenters. The summed E-state index contributed by atoms with van der Waals surface area (Å²) in [7, 11) is 0. The van der Waals surface area contributed by atoms with Gasteiger partial charge in [0.25, 0.3) is 0 Å². The average molecular weight is 278 g/mol. The highest BCUT2D eigenvalue weighted by molar-refractivity contribution is 6.21. The Kier molecular flexibility index (Phi) is 3.28. The summed E-state index contributed by atoms with van der Waals surface area (Å²) in [5.74, 6) is -0.942. The molecule has 0 spiro atoms. The minimum absolute atomic E-state index is 0.276. The maximum Gasteiger partial charge on any atom is 0.336 e. The Hall–Kier alpha value is -2.88. The molecule has 2 N–H and O–H groups in total. The van der Waals surface area contributed by atoms with Crippen LogP contribution < -0.4 is 0 Å². The van der Waals surface area contributed by atoms with Gasteiger partial charge >= 0.3 is 5.97 Å². The Morgan fingerprint density at radius 3 is 2.81 bits per heavy atom. The SMILES string of the molecule is Cc1ccccc1/C(=C/c1c[nH]c2ncccc12)C(=O)O. The van der Waals surface area contributed by atoms with Gasteiger partial charge < -0.3 is 10.1 Å². The third-order valence-corrected chi connectivity index (χ3v) is 3.45. The lowest BCUT2D eigenvalue weighted by Crippen LogP contribution is -2.01. The molecule has 3 rings (SSSR count). The molecular formula is C17H14N2O2. The van der Waals surface area contributed by atoms with Gasteiger partial charge in [-0.2, -0.15) is 0 Å². The number of pyridine rings is 1. The Bertz CT molecular complexity index is 847. The number of carboxylic acids is 1. The van der Waals surface area contributed by atoms with Crippen LogP contribution in [0, 0.1) is 6.92 Å². The van der Waals surface area contributed by atoms with E-state index in [2.05, 4.69) is 9.97 Å². The predicted octanol–water partition coefficient (Wildman–Crippen LogP) is 3.50. The topological polar surface area (TPSA) is 66.0 Å². The normalized spacial score (nSPS) is 11.8. The summed E-state index contributed by atoms with van der Waals surface area (Å²) < 4.78 is 0. The summed E-state index contributed by atoms with van der Waals surface area (Å²) in [6, 6.07) is 11.2. The Morgan fingerprint density at radius 1 is 1.24 bits per heavy atom. The molecule has 0 aliphatic heterocycles. The van der Waals surface area contributed by atoms with Crippen molar-refractivity contribution in [2.75, 3.05) is 0 Å². The van der Waals surface area contributed by atoms with Crippen LogP contribution in [-0.2, 0) is 4.79 Å². The van der Waals surface area contributed by atoms with Gasteiger partial charge in [-0.3, -0.25) is 0 Å². The van der Waals surface area contributed by atoms with Crippen LogP contribution in [0.1, 0.15) is 16.7 Å². The number of nitrogens with one attached hydrogen (secondary N) is 1. The smallest absolute Gasteiger partial charge is 0.336 e. The van der Waals surface area contributed by atoms with Crippen molar-refractivity contribution in [2.45, 2.75) is 6.92 Å². The van der Waals surface area contributed by atoms with Crippen LogP contribution in [0.5, 0.6) is 0 Å². The minimum Gasteiger partial charge on any atom is -0.478 e. The lowest BCUT2D eigenvalue weighted by atomic mass is 9.98. The molecule has 4 heteroatoms. The van der Waals surface area contributed by atoms with Crippen molar-refractivity contribution in [2.24, 2.45) is 0 Å². The quantitative estimate of drug-likeness (QED) is 0.721. The van der Waals surface area contributed by atoms with E-state index >= 15 is 0 Å². The fourth-order valence-electron chi connectivity index (χ4n) is 2.38. The van der Waals surface area contributed by atoms with E-state index in [-0.39, 0.29) is 5.57 Å². The van der Waals surface area contributed by atoms with Crippen molar-refractivity contribution in [1.82, 2.24) is 9.97 Å². The molecule has 2 heterocycles. The number of carboxylic acid groups (broad SMARTS) is 1. The lowest BCUT2D eigenvalue weighted by Gasteiger charge is -2.06. The number of nitrogens with zero attached hydrogens (tertiary/aromatic N) is 1. The number of aromatic amines is 1. The number of hydrogen-bond donors (Lipinski definition) is 2. The van der Waals surface area contributed by atoms with Crippen LogP contribution in [-0.4, -0.2) is 21.0 Å². The van der Waals surface area contributed by atoms with Gasteiger partial charge in [-0.1, -0.05) is 24.3 Å². The lowest BCUT2D eigenvalue weighted by molar-refractivity contribution is -0.130. The van der Waals surface area contributed by atoms with Gasteiger partial charge in [0, 0.05) is 23.3 Å². The first-order valence-corrected chi connectivity index (χ1v) is 6.60. The van der Waals surface area contributed by atoms with Gasteiger partial charge in [0.1, 0.15) is 5.65 Å². The number of fused-ring (bicyclic) bond motifs is 1. The monoisotopic (exact) mass is 278 g/mol. The number of carbonyl (C=O) groups is 1. The van der Waals surface area contributed by atoms with Crippen molar-refractivity contribution >= 4 is 28.7 Å². The van der Waals surface area contributed by atoms with E-state index in [0.717, 1.165) is 27.7 Å². The first-order chi connectivity index (χ1) is 10.2. The molecular weight excluding hydrogens is 264 g/mol. The fraction of sp³-hybridized carbons (Fsp3) is 0.0588. The van der Waals surface area contributed by atoms with Crippen molar-refractivity contribution < 1.29 is 9.90 Å². The highest BCUT2D eigenvalue weighted by atomic mass is 16.4. The van der Waals surface area contributed by atoms with Crippen molar-refractivity contribution in [3.05, 3.63) is 65.5 Å². The molecule has 0 radical (unpaired) electrons. The number of aliphatic carboxylic acids is 1. The van der Waals surface area contributed by atoms with E-state index < -0.39 is 5.97 Å². The van der Waals surface area contributed by atoms with Crippen LogP contribution in [0.4, 0.5) is 0 Å². The first-order valence-electron chi connectivity index (χ1n) is 6.60. The molecule has 104 valence electrons. The molecule has 1 aromatic carbocycles. The molecule has 0 atom stereocenters. The summed E-state index contributed by atoms with van der Waals surface area (Å²) >= 11 is 0.